The fraction of sp³-hybridized carbons (Fsp3) is 0.273. The average molecular weight is 474 g/mol. The molecule has 11 heteroatoms. The first-order valence-electron chi connectivity index (χ1n) is 9.89. The van der Waals surface area contributed by atoms with Gasteiger partial charge in [0.1, 0.15) is 28.9 Å². The molecule has 0 radical (unpaired) electrons. The summed E-state index contributed by atoms with van der Waals surface area (Å²) in [7, 11) is 0. The number of hydrogen-bond acceptors (Lipinski definition) is 8. The van der Waals surface area contributed by atoms with E-state index in [2.05, 4.69) is 6.58 Å². The molecular weight excluding hydrogens is 454 g/mol. The van der Waals surface area contributed by atoms with Gasteiger partial charge in [-0.3, -0.25) is 19.8 Å². The lowest BCUT2D eigenvalue weighted by Crippen LogP contribution is -2.65. The number of rotatable bonds is 4. The SMILES string of the molecule is C=CN(C=N)[C@@H]1C(=O)C(C(N)=O)=C(O)[C@@]2(O)C(=O)C3=C(O)c4c(O)ccc(Cl)c4C[C@H]3C[C@@H]12. The van der Waals surface area contributed by atoms with Crippen molar-refractivity contribution in [3.05, 3.63) is 58.0 Å². The Morgan fingerprint density at radius 3 is 2.55 bits per heavy atom. The minimum absolute atomic E-state index is 0.0709. The van der Waals surface area contributed by atoms with E-state index in [-0.39, 0.29) is 34.8 Å². The summed E-state index contributed by atoms with van der Waals surface area (Å²) in [6.07, 6.45) is 1.81. The number of ketones is 2. The summed E-state index contributed by atoms with van der Waals surface area (Å²) in [5.41, 5.74) is 1.54. The molecule has 3 aliphatic rings. The van der Waals surface area contributed by atoms with Crippen molar-refractivity contribution in [2.45, 2.75) is 24.5 Å². The topological polar surface area (TPSA) is 185 Å². The van der Waals surface area contributed by atoms with Gasteiger partial charge in [0.05, 0.1) is 11.9 Å². The van der Waals surface area contributed by atoms with Crippen LogP contribution in [0.5, 0.6) is 5.75 Å². The van der Waals surface area contributed by atoms with Gasteiger partial charge in [-0.25, -0.2) is 0 Å². The maximum Gasteiger partial charge on any atom is 0.255 e. The fourth-order valence-corrected chi connectivity index (χ4v) is 5.44. The molecule has 1 aromatic carbocycles. The first-order valence-corrected chi connectivity index (χ1v) is 10.3. The maximum absolute atomic E-state index is 13.6. The third-order valence-corrected chi connectivity index (χ3v) is 7.03. The number of Topliss-reactive ketones (excluding diaryl/α,β-unsaturated/α-hetero) is 2. The van der Waals surface area contributed by atoms with Crippen LogP contribution >= 0.6 is 11.6 Å². The first kappa shape index (κ1) is 22.6. The number of benzene rings is 1. The molecule has 10 nitrogen and oxygen atoms in total. The van der Waals surface area contributed by atoms with E-state index >= 15 is 0 Å². The van der Waals surface area contributed by atoms with E-state index in [9.17, 15) is 34.8 Å². The van der Waals surface area contributed by atoms with Crippen LogP contribution < -0.4 is 5.73 Å². The van der Waals surface area contributed by atoms with Crippen molar-refractivity contribution < 1.29 is 34.8 Å². The molecule has 1 fully saturated rings. The Kier molecular flexibility index (Phi) is 5.10. The van der Waals surface area contributed by atoms with Crippen molar-refractivity contribution in [1.29, 1.82) is 5.41 Å². The second kappa shape index (κ2) is 7.46. The second-order valence-corrected chi connectivity index (χ2v) is 8.58. The molecule has 1 aromatic rings. The van der Waals surface area contributed by atoms with Gasteiger partial charge in [0.2, 0.25) is 5.78 Å². The summed E-state index contributed by atoms with van der Waals surface area (Å²) in [4.78, 5) is 39.7. The van der Waals surface area contributed by atoms with Crippen LogP contribution in [-0.2, 0) is 20.8 Å². The summed E-state index contributed by atoms with van der Waals surface area (Å²) >= 11 is 6.25. The quantitative estimate of drug-likeness (QED) is 0.213. The lowest BCUT2D eigenvalue weighted by Gasteiger charge is -2.50. The van der Waals surface area contributed by atoms with Crippen LogP contribution in [-0.4, -0.2) is 60.8 Å². The van der Waals surface area contributed by atoms with Gasteiger partial charge in [-0.2, -0.15) is 0 Å². The summed E-state index contributed by atoms with van der Waals surface area (Å²) in [5.74, 6) is -7.72. The molecule has 1 saturated carbocycles. The van der Waals surface area contributed by atoms with Crippen LogP contribution in [0.2, 0.25) is 5.02 Å². The van der Waals surface area contributed by atoms with Crippen LogP contribution in [0.15, 0.2) is 41.8 Å². The standard InChI is InChI=1S/C22H20ClN3O7/c1-2-26(7-24)16-10-6-8-5-9-11(23)3-4-12(27)14(9)17(28)13(8)19(30)22(10,33)20(31)15(18(16)29)21(25)32/h2-4,7-8,10,16,24,27-28,31,33H,1,5-6H2,(H2,25,32)/t8-,10-,16-,22-/m0/s1. The summed E-state index contributed by atoms with van der Waals surface area (Å²) in [6.45, 7) is 3.52. The van der Waals surface area contributed by atoms with E-state index in [1.54, 1.807) is 0 Å². The zero-order chi connectivity index (χ0) is 24.4. The molecule has 0 aliphatic heterocycles. The van der Waals surface area contributed by atoms with Crippen LogP contribution in [0.1, 0.15) is 17.5 Å². The highest BCUT2D eigenvalue weighted by Crippen LogP contribution is 2.53. The molecule has 0 saturated heterocycles. The molecule has 3 aliphatic carbocycles. The highest BCUT2D eigenvalue weighted by molar-refractivity contribution is 6.32. The smallest absolute Gasteiger partial charge is 0.255 e. The van der Waals surface area contributed by atoms with Gasteiger partial charge in [0.15, 0.2) is 11.4 Å². The minimum Gasteiger partial charge on any atom is -0.508 e. The van der Waals surface area contributed by atoms with Crippen molar-refractivity contribution in [2.75, 3.05) is 0 Å². The number of fused-ring (bicyclic) bond motifs is 3. The Labute approximate surface area is 192 Å². The molecule has 0 spiro atoms. The Hall–Kier alpha value is -3.63. The maximum atomic E-state index is 13.6. The van der Waals surface area contributed by atoms with Gasteiger partial charge in [0.25, 0.3) is 5.91 Å². The Morgan fingerprint density at radius 1 is 1.30 bits per heavy atom. The Bertz CT molecular complexity index is 1210. The number of aliphatic hydroxyl groups is 3. The van der Waals surface area contributed by atoms with Crippen LogP contribution in [0.3, 0.4) is 0 Å². The molecule has 33 heavy (non-hydrogen) atoms. The number of phenolic OH excluding ortho intramolecular Hbond substituents is 1. The molecule has 4 rings (SSSR count). The normalized spacial score (nSPS) is 28.6. The van der Waals surface area contributed by atoms with Gasteiger partial charge in [0, 0.05) is 16.5 Å². The number of carbonyl (C=O) groups is 3. The van der Waals surface area contributed by atoms with Crippen molar-refractivity contribution in [3.63, 3.8) is 0 Å². The molecular formula is C22H20ClN3O7. The average Bonchev–Trinajstić information content (AvgIpc) is 2.75. The molecule has 1 amide bonds. The predicted molar refractivity (Wildman–Crippen MR) is 116 cm³/mol. The number of nitrogens with two attached hydrogens (primary N) is 1. The zero-order valence-electron chi connectivity index (χ0n) is 17.1. The highest BCUT2D eigenvalue weighted by Gasteiger charge is 2.64. The first-order chi connectivity index (χ1) is 15.5. The van der Waals surface area contributed by atoms with E-state index in [4.69, 9.17) is 22.7 Å². The molecule has 0 unspecified atom stereocenters. The number of hydrogen-bond donors (Lipinski definition) is 6. The van der Waals surface area contributed by atoms with E-state index < -0.39 is 58.0 Å². The number of nitrogens with zero attached hydrogens (tertiary/aromatic N) is 1. The summed E-state index contributed by atoms with van der Waals surface area (Å²) < 4.78 is 0. The number of phenols is 1. The van der Waals surface area contributed by atoms with Crippen LogP contribution in [0, 0.1) is 17.2 Å². The van der Waals surface area contributed by atoms with Crippen LogP contribution in [0.25, 0.3) is 5.76 Å². The molecule has 172 valence electrons. The second-order valence-electron chi connectivity index (χ2n) is 8.18. The number of carbonyl (C=O) groups excluding carboxylic acids is 3. The third kappa shape index (κ3) is 2.84. The number of primary amides is 1. The highest BCUT2D eigenvalue weighted by atomic mass is 35.5. The summed E-state index contributed by atoms with van der Waals surface area (Å²) in [6, 6.07) is 1.23. The van der Waals surface area contributed by atoms with Gasteiger partial charge < -0.3 is 31.1 Å². The van der Waals surface area contributed by atoms with Crippen molar-refractivity contribution in [1.82, 2.24) is 4.90 Å². The largest absolute Gasteiger partial charge is 0.508 e. The van der Waals surface area contributed by atoms with Crippen molar-refractivity contribution in [3.8, 4) is 5.75 Å². The van der Waals surface area contributed by atoms with Crippen molar-refractivity contribution >= 4 is 41.2 Å². The third-order valence-electron chi connectivity index (χ3n) is 6.67. The van der Waals surface area contributed by atoms with E-state index in [1.165, 1.54) is 12.1 Å². The predicted octanol–water partition coefficient (Wildman–Crippen LogP) is 1.11. The van der Waals surface area contributed by atoms with Crippen molar-refractivity contribution in [2.24, 2.45) is 17.6 Å². The van der Waals surface area contributed by atoms with E-state index in [0.717, 1.165) is 17.4 Å². The van der Waals surface area contributed by atoms with Gasteiger partial charge >= 0.3 is 0 Å². The van der Waals surface area contributed by atoms with Crippen LogP contribution in [0.4, 0.5) is 0 Å². The van der Waals surface area contributed by atoms with Gasteiger partial charge in [-0.1, -0.05) is 18.2 Å². The van der Waals surface area contributed by atoms with Gasteiger partial charge in [-0.05, 0) is 42.7 Å². The number of amides is 1. The lowest BCUT2D eigenvalue weighted by atomic mass is 9.57. The number of aromatic hydroxyl groups is 1. The zero-order valence-corrected chi connectivity index (χ0v) is 17.8. The monoisotopic (exact) mass is 473 g/mol. The van der Waals surface area contributed by atoms with E-state index in [1.807, 2.05) is 0 Å². The fourth-order valence-electron chi connectivity index (χ4n) is 5.20. The number of halogens is 1. The molecule has 0 heterocycles. The molecule has 0 aromatic heterocycles. The minimum atomic E-state index is -2.79. The summed E-state index contributed by atoms with van der Waals surface area (Å²) in [5, 5.41) is 51.3. The van der Waals surface area contributed by atoms with Gasteiger partial charge in [-0.15, -0.1) is 0 Å². The molecule has 7 N–H and O–H groups in total. The lowest BCUT2D eigenvalue weighted by molar-refractivity contribution is -0.152. The molecule has 4 atom stereocenters. The number of aliphatic hydroxyl groups excluding tert-OH is 2. The Balaban J connectivity index is 2.01. The van der Waals surface area contributed by atoms with E-state index in [0.29, 0.717) is 5.56 Å². The number of nitrogens with one attached hydrogen (secondary N) is 1. The molecule has 0 bridgehead atoms. The Morgan fingerprint density at radius 2 is 1.97 bits per heavy atom.